The Kier molecular flexibility index (Phi) is 3.29. The first-order valence-corrected chi connectivity index (χ1v) is 7.10. The van der Waals surface area contributed by atoms with E-state index in [2.05, 4.69) is 31.4 Å². The van der Waals surface area contributed by atoms with Gasteiger partial charge in [0.05, 0.1) is 23.9 Å². The molecule has 0 aliphatic rings. The fraction of sp³-hybridized carbons (Fsp3) is 0.125. The van der Waals surface area contributed by atoms with Crippen LogP contribution in [0.3, 0.4) is 0 Å². The van der Waals surface area contributed by atoms with Gasteiger partial charge in [-0.15, -0.1) is 0 Å². The first kappa shape index (κ1) is 12.9. The Labute approximate surface area is 125 Å². The molecule has 0 aliphatic carbocycles. The van der Waals surface area contributed by atoms with Crippen LogP contribution in [-0.4, -0.2) is 9.38 Å². The second-order valence-corrected chi connectivity index (χ2v) is 5.53. The standard InChI is InChI=1S/C16H12BrN3/c1-11-3-2-4-15-19-16(14(9-10-18)20(11)15)12-5-7-13(17)8-6-12/h2-8H,9H2,1H3. The molecule has 3 aromatic rings. The van der Waals surface area contributed by atoms with Gasteiger partial charge in [0.1, 0.15) is 5.65 Å². The number of halogens is 1. The lowest BCUT2D eigenvalue weighted by molar-refractivity contribution is 1.00. The Bertz CT molecular complexity index is 810. The van der Waals surface area contributed by atoms with Crippen molar-refractivity contribution < 1.29 is 0 Å². The average molecular weight is 326 g/mol. The molecule has 0 bridgehead atoms. The quantitative estimate of drug-likeness (QED) is 0.710. The van der Waals surface area contributed by atoms with Crippen LogP contribution in [0.1, 0.15) is 11.4 Å². The zero-order valence-electron chi connectivity index (χ0n) is 11.0. The summed E-state index contributed by atoms with van der Waals surface area (Å²) < 4.78 is 3.09. The van der Waals surface area contributed by atoms with E-state index in [1.807, 2.05) is 49.4 Å². The van der Waals surface area contributed by atoms with E-state index in [9.17, 15) is 0 Å². The maximum Gasteiger partial charge on any atom is 0.137 e. The van der Waals surface area contributed by atoms with Crippen LogP contribution in [-0.2, 0) is 6.42 Å². The third-order valence-corrected chi connectivity index (χ3v) is 3.83. The number of aryl methyl sites for hydroxylation is 1. The minimum atomic E-state index is 0.345. The smallest absolute Gasteiger partial charge is 0.137 e. The van der Waals surface area contributed by atoms with Crippen LogP contribution < -0.4 is 0 Å². The molecule has 4 heteroatoms. The molecule has 2 heterocycles. The molecule has 20 heavy (non-hydrogen) atoms. The maximum atomic E-state index is 9.11. The molecule has 0 saturated heterocycles. The van der Waals surface area contributed by atoms with Gasteiger partial charge in [0.2, 0.25) is 0 Å². The summed E-state index contributed by atoms with van der Waals surface area (Å²) in [5.74, 6) is 0. The highest BCUT2D eigenvalue weighted by molar-refractivity contribution is 9.10. The average Bonchev–Trinajstić information content (AvgIpc) is 2.80. The van der Waals surface area contributed by atoms with E-state index in [0.29, 0.717) is 6.42 Å². The van der Waals surface area contributed by atoms with Gasteiger partial charge < -0.3 is 0 Å². The lowest BCUT2D eigenvalue weighted by atomic mass is 10.1. The number of hydrogen-bond donors (Lipinski definition) is 0. The normalized spacial score (nSPS) is 10.7. The summed E-state index contributed by atoms with van der Waals surface area (Å²) >= 11 is 3.44. The van der Waals surface area contributed by atoms with Crippen molar-refractivity contribution in [1.29, 1.82) is 5.26 Å². The predicted octanol–water partition coefficient (Wildman–Crippen LogP) is 4.14. The Hall–Kier alpha value is -2.12. The lowest BCUT2D eigenvalue weighted by Gasteiger charge is -2.04. The first-order valence-electron chi connectivity index (χ1n) is 6.30. The van der Waals surface area contributed by atoms with Crippen molar-refractivity contribution in [2.45, 2.75) is 13.3 Å². The molecule has 98 valence electrons. The fourth-order valence-electron chi connectivity index (χ4n) is 2.40. The lowest BCUT2D eigenvalue weighted by Crippen LogP contribution is -1.97. The highest BCUT2D eigenvalue weighted by Gasteiger charge is 2.14. The van der Waals surface area contributed by atoms with Crippen LogP contribution in [0.4, 0.5) is 0 Å². The van der Waals surface area contributed by atoms with Gasteiger partial charge in [-0.25, -0.2) is 4.98 Å². The van der Waals surface area contributed by atoms with Crippen molar-refractivity contribution in [2.24, 2.45) is 0 Å². The van der Waals surface area contributed by atoms with Gasteiger partial charge in [0, 0.05) is 15.7 Å². The topological polar surface area (TPSA) is 41.1 Å². The van der Waals surface area contributed by atoms with E-state index >= 15 is 0 Å². The number of nitriles is 1. The molecule has 0 unspecified atom stereocenters. The number of nitrogens with zero attached hydrogens (tertiary/aromatic N) is 3. The molecule has 2 aromatic heterocycles. The number of hydrogen-bond acceptors (Lipinski definition) is 2. The second-order valence-electron chi connectivity index (χ2n) is 4.61. The van der Waals surface area contributed by atoms with Crippen LogP contribution in [0.2, 0.25) is 0 Å². The van der Waals surface area contributed by atoms with Crippen molar-refractivity contribution in [3.63, 3.8) is 0 Å². The van der Waals surface area contributed by atoms with Gasteiger partial charge >= 0.3 is 0 Å². The number of fused-ring (bicyclic) bond motifs is 1. The van der Waals surface area contributed by atoms with Crippen LogP contribution >= 0.6 is 15.9 Å². The molecule has 0 N–H and O–H groups in total. The molecule has 1 aromatic carbocycles. The monoisotopic (exact) mass is 325 g/mol. The number of imidazole rings is 1. The minimum absolute atomic E-state index is 0.345. The number of aromatic nitrogens is 2. The molecule has 0 radical (unpaired) electrons. The maximum absolute atomic E-state index is 9.11. The molecule has 0 saturated carbocycles. The molecule has 3 nitrogen and oxygen atoms in total. The summed E-state index contributed by atoms with van der Waals surface area (Å²) in [7, 11) is 0. The Balaban J connectivity index is 2.30. The number of benzene rings is 1. The summed E-state index contributed by atoms with van der Waals surface area (Å²) in [5.41, 5.74) is 4.83. The van der Waals surface area contributed by atoms with Crippen LogP contribution in [0.5, 0.6) is 0 Å². The zero-order valence-corrected chi connectivity index (χ0v) is 12.6. The van der Waals surface area contributed by atoms with Crippen molar-refractivity contribution in [3.05, 3.63) is 58.3 Å². The summed E-state index contributed by atoms with van der Waals surface area (Å²) in [5, 5.41) is 9.11. The molecule has 0 atom stereocenters. The fourth-order valence-corrected chi connectivity index (χ4v) is 2.67. The summed E-state index contributed by atoms with van der Waals surface area (Å²) in [6, 6.07) is 16.2. The Morgan fingerprint density at radius 3 is 2.65 bits per heavy atom. The second kappa shape index (κ2) is 5.10. The van der Waals surface area contributed by atoms with E-state index in [1.54, 1.807) is 0 Å². The van der Waals surface area contributed by atoms with Crippen LogP contribution in [0, 0.1) is 18.3 Å². The van der Waals surface area contributed by atoms with E-state index in [0.717, 1.165) is 32.8 Å². The Morgan fingerprint density at radius 1 is 1.20 bits per heavy atom. The highest BCUT2D eigenvalue weighted by Crippen LogP contribution is 2.27. The van der Waals surface area contributed by atoms with Gasteiger partial charge in [0.25, 0.3) is 0 Å². The van der Waals surface area contributed by atoms with E-state index in [1.165, 1.54) is 0 Å². The van der Waals surface area contributed by atoms with Crippen molar-refractivity contribution in [2.75, 3.05) is 0 Å². The minimum Gasteiger partial charge on any atom is -0.300 e. The van der Waals surface area contributed by atoms with Crippen LogP contribution in [0.15, 0.2) is 46.9 Å². The molecule has 0 spiro atoms. The van der Waals surface area contributed by atoms with E-state index < -0.39 is 0 Å². The van der Waals surface area contributed by atoms with Gasteiger partial charge in [-0.05, 0) is 31.2 Å². The van der Waals surface area contributed by atoms with Gasteiger partial charge in [-0.2, -0.15) is 5.26 Å². The zero-order chi connectivity index (χ0) is 14.1. The molecular formula is C16H12BrN3. The summed E-state index contributed by atoms with van der Waals surface area (Å²) in [6.45, 7) is 2.03. The molecule has 0 fully saturated rings. The van der Waals surface area contributed by atoms with E-state index in [-0.39, 0.29) is 0 Å². The van der Waals surface area contributed by atoms with Crippen molar-refractivity contribution in [3.8, 4) is 17.3 Å². The van der Waals surface area contributed by atoms with Gasteiger partial charge in [-0.1, -0.05) is 34.1 Å². The largest absolute Gasteiger partial charge is 0.300 e. The number of pyridine rings is 1. The number of rotatable bonds is 2. The highest BCUT2D eigenvalue weighted by atomic mass is 79.9. The van der Waals surface area contributed by atoms with Gasteiger partial charge in [0.15, 0.2) is 0 Å². The van der Waals surface area contributed by atoms with Crippen LogP contribution in [0.25, 0.3) is 16.9 Å². The molecular weight excluding hydrogens is 314 g/mol. The van der Waals surface area contributed by atoms with E-state index in [4.69, 9.17) is 5.26 Å². The predicted molar refractivity (Wildman–Crippen MR) is 82.4 cm³/mol. The van der Waals surface area contributed by atoms with Gasteiger partial charge in [-0.3, -0.25) is 4.40 Å². The molecule has 0 aliphatic heterocycles. The third-order valence-electron chi connectivity index (χ3n) is 3.30. The Morgan fingerprint density at radius 2 is 1.95 bits per heavy atom. The first-order chi connectivity index (χ1) is 9.70. The third kappa shape index (κ3) is 2.10. The SMILES string of the molecule is Cc1cccc2nc(-c3ccc(Br)cc3)c(CC#N)n12. The molecule has 3 rings (SSSR count). The van der Waals surface area contributed by atoms with Crippen molar-refractivity contribution in [1.82, 2.24) is 9.38 Å². The molecule has 0 amide bonds. The summed E-state index contributed by atoms with van der Waals surface area (Å²) in [6.07, 6.45) is 0.345. The van der Waals surface area contributed by atoms with Crippen molar-refractivity contribution >= 4 is 21.6 Å². The summed E-state index contributed by atoms with van der Waals surface area (Å²) in [4.78, 5) is 4.69.